The number of hydrogen-bond acceptors (Lipinski definition) is 7. The number of rotatable bonds is 7. The van der Waals surface area contributed by atoms with Crippen LogP contribution < -0.4 is 14.5 Å². The van der Waals surface area contributed by atoms with Crippen molar-refractivity contribution in [3.63, 3.8) is 0 Å². The van der Waals surface area contributed by atoms with Crippen LogP contribution in [-0.4, -0.2) is 34.2 Å². The van der Waals surface area contributed by atoms with E-state index in [1.54, 1.807) is 31.4 Å². The molecule has 10 heteroatoms. The van der Waals surface area contributed by atoms with E-state index in [9.17, 15) is 20.0 Å². The van der Waals surface area contributed by atoms with Crippen LogP contribution in [0.2, 0.25) is 0 Å². The van der Waals surface area contributed by atoms with Crippen molar-refractivity contribution in [2.24, 2.45) is 0 Å². The average molecular weight is 410 g/mol. The molecular formula is C20H18N4O6. The Morgan fingerprint density at radius 1 is 1.30 bits per heavy atom. The van der Waals surface area contributed by atoms with Crippen LogP contribution in [0.3, 0.4) is 0 Å². The summed E-state index contributed by atoms with van der Waals surface area (Å²) < 4.78 is 11.3. The van der Waals surface area contributed by atoms with E-state index in [2.05, 4.69) is 5.27 Å². The molecule has 0 atom stereocenters. The summed E-state index contributed by atoms with van der Waals surface area (Å²) in [7, 11) is 1.55. The topological polar surface area (TPSA) is 126 Å². The fraction of sp³-hybridized carbons (Fsp3) is 0.250. The van der Waals surface area contributed by atoms with Gasteiger partial charge in [-0.2, -0.15) is 0 Å². The summed E-state index contributed by atoms with van der Waals surface area (Å²) in [5, 5.41) is 27.2. The Morgan fingerprint density at radius 3 is 2.67 bits per heavy atom. The molecule has 154 valence electrons. The molecule has 1 heterocycles. The number of methoxy groups -OCH3 is 1. The first kappa shape index (κ1) is 19.4. The van der Waals surface area contributed by atoms with Gasteiger partial charge in [-0.3, -0.25) is 14.9 Å². The normalized spacial score (nSPS) is 13.1. The van der Waals surface area contributed by atoms with Crippen LogP contribution >= 0.6 is 0 Å². The van der Waals surface area contributed by atoms with Crippen LogP contribution in [0.4, 0.5) is 5.69 Å². The maximum Gasteiger partial charge on any atom is 0.270 e. The predicted molar refractivity (Wildman–Crippen MR) is 100 cm³/mol. The van der Waals surface area contributed by atoms with E-state index in [0.29, 0.717) is 11.4 Å². The van der Waals surface area contributed by atoms with E-state index >= 15 is 0 Å². The highest BCUT2D eigenvalue weighted by atomic mass is 16.6. The third-order valence-corrected chi connectivity index (χ3v) is 4.89. The maximum absolute atomic E-state index is 13.1. The third-order valence-electron chi connectivity index (χ3n) is 4.89. The monoisotopic (exact) mass is 410 g/mol. The molecule has 1 amide bonds. The van der Waals surface area contributed by atoms with Crippen molar-refractivity contribution in [2.45, 2.75) is 25.4 Å². The fourth-order valence-electron chi connectivity index (χ4n) is 3.16. The van der Waals surface area contributed by atoms with Gasteiger partial charge in [-0.1, -0.05) is 6.07 Å². The predicted octanol–water partition coefficient (Wildman–Crippen LogP) is 1.75. The molecule has 0 radical (unpaired) electrons. The van der Waals surface area contributed by atoms with Crippen LogP contribution in [0.5, 0.6) is 11.7 Å². The number of ether oxygens (including phenoxy) is 1. The fourth-order valence-corrected chi connectivity index (χ4v) is 3.16. The van der Waals surface area contributed by atoms with Crippen molar-refractivity contribution in [1.82, 2.24) is 10.2 Å². The molecular weight excluding hydrogens is 392 g/mol. The van der Waals surface area contributed by atoms with E-state index in [4.69, 9.17) is 9.26 Å². The SMILES string of the molecule is COc1ccc(-[n+]2noc([O-])c2CN(C(=O)c2cccc([N+](=O)[O-])c2)C2CC2)cc1. The Hall–Kier alpha value is -3.95. The summed E-state index contributed by atoms with van der Waals surface area (Å²) >= 11 is 0. The van der Waals surface area contributed by atoms with Gasteiger partial charge in [0.1, 0.15) is 12.3 Å². The zero-order valence-electron chi connectivity index (χ0n) is 16.1. The molecule has 0 N–H and O–H groups in total. The number of carbonyl (C=O) groups is 1. The molecule has 0 spiro atoms. The lowest BCUT2D eigenvalue weighted by atomic mass is 10.1. The second-order valence-electron chi connectivity index (χ2n) is 6.89. The van der Waals surface area contributed by atoms with Gasteiger partial charge in [0, 0.05) is 35.9 Å². The van der Waals surface area contributed by atoms with Gasteiger partial charge in [-0.15, -0.1) is 0 Å². The van der Waals surface area contributed by atoms with Gasteiger partial charge < -0.3 is 19.3 Å². The molecule has 0 unspecified atom stereocenters. The summed E-state index contributed by atoms with van der Waals surface area (Å²) in [5.41, 5.74) is 0.788. The summed E-state index contributed by atoms with van der Waals surface area (Å²) in [6.45, 7) is -0.0272. The first-order valence-corrected chi connectivity index (χ1v) is 9.25. The molecule has 2 aromatic carbocycles. The minimum Gasteiger partial charge on any atom is -0.539 e. The first-order valence-electron chi connectivity index (χ1n) is 9.25. The Morgan fingerprint density at radius 2 is 2.03 bits per heavy atom. The van der Waals surface area contributed by atoms with E-state index in [-0.39, 0.29) is 35.4 Å². The Kier molecular flexibility index (Phi) is 5.05. The molecule has 4 rings (SSSR count). The lowest BCUT2D eigenvalue weighted by Crippen LogP contribution is -2.42. The van der Waals surface area contributed by atoms with Crippen molar-refractivity contribution in [3.05, 3.63) is 69.9 Å². The van der Waals surface area contributed by atoms with Crippen molar-refractivity contribution >= 4 is 11.6 Å². The molecule has 0 bridgehead atoms. The lowest BCUT2D eigenvalue weighted by Gasteiger charge is -2.20. The van der Waals surface area contributed by atoms with Crippen LogP contribution in [-0.2, 0) is 6.54 Å². The highest BCUT2D eigenvalue weighted by molar-refractivity contribution is 5.95. The van der Waals surface area contributed by atoms with Gasteiger partial charge in [0.25, 0.3) is 17.3 Å². The molecule has 1 aliphatic carbocycles. The van der Waals surface area contributed by atoms with Crippen molar-refractivity contribution in [3.8, 4) is 17.4 Å². The molecule has 1 aromatic heterocycles. The molecule has 1 fully saturated rings. The zero-order valence-corrected chi connectivity index (χ0v) is 16.1. The lowest BCUT2D eigenvalue weighted by molar-refractivity contribution is -0.678. The smallest absolute Gasteiger partial charge is 0.270 e. The summed E-state index contributed by atoms with van der Waals surface area (Å²) in [6, 6.07) is 12.4. The van der Waals surface area contributed by atoms with Gasteiger partial charge in [0.15, 0.2) is 5.95 Å². The molecule has 30 heavy (non-hydrogen) atoms. The van der Waals surface area contributed by atoms with Crippen molar-refractivity contribution in [2.75, 3.05) is 7.11 Å². The average Bonchev–Trinajstić information content (AvgIpc) is 3.54. The highest BCUT2D eigenvalue weighted by Gasteiger charge is 2.36. The molecule has 0 aliphatic heterocycles. The van der Waals surface area contributed by atoms with Crippen molar-refractivity contribution < 1.29 is 28.8 Å². The summed E-state index contributed by atoms with van der Waals surface area (Å²) in [6.07, 6.45) is 1.59. The number of nitrogens with zero attached hydrogens (tertiary/aromatic N) is 4. The number of nitro groups is 1. The quantitative estimate of drug-likeness (QED) is 0.330. The van der Waals surface area contributed by atoms with Gasteiger partial charge in [-0.05, 0) is 35.7 Å². The van der Waals surface area contributed by atoms with Crippen molar-refractivity contribution in [1.29, 1.82) is 0 Å². The second-order valence-corrected chi connectivity index (χ2v) is 6.89. The minimum atomic E-state index is -0.650. The van der Waals surface area contributed by atoms with E-state index < -0.39 is 10.9 Å². The number of amides is 1. The summed E-state index contributed by atoms with van der Waals surface area (Å²) in [4.78, 5) is 25.1. The van der Waals surface area contributed by atoms with Gasteiger partial charge in [0.2, 0.25) is 5.69 Å². The largest absolute Gasteiger partial charge is 0.539 e. The van der Waals surface area contributed by atoms with Crippen LogP contribution in [0, 0.1) is 10.1 Å². The van der Waals surface area contributed by atoms with Crippen LogP contribution in [0.25, 0.3) is 5.69 Å². The number of hydrogen-bond donors (Lipinski definition) is 0. The summed E-state index contributed by atoms with van der Waals surface area (Å²) in [5.74, 6) is -0.390. The Balaban J connectivity index is 1.64. The molecule has 1 saturated carbocycles. The van der Waals surface area contributed by atoms with E-state index in [1.807, 2.05) is 0 Å². The number of non-ortho nitro benzene ring substituents is 1. The standard InChI is InChI=1S/C20H18N4O6/c1-29-17-9-7-15(8-10-17)23-18(20(26)30-21-23)12-22(14-5-6-14)19(25)13-3-2-4-16(11-13)24(27)28/h2-4,7-11,14H,5-6,12H2,1H3. The van der Waals surface area contributed by atoms with Gasteiger partial charge in [-0.25, -0.2) is 0 Å². The van der Waals surface area contributed by atoms with Gasteiger partial charge >= 0.3 is 0 Å². The Bertz CT molecular complexity index is 1090. The Labute approximate surface area is 171 Å². The van der Waals surface area contributed by atoms with Crippen LogP contribution in [0.1, 0.15) is 28.9 Å². The van der Waals surface area contributed by atoms with E-state index in [0.717, 1.165) is 12.8 Å². The first-order chi connectivity index (χ1) is 14.5. The second kappa shape index (κ2) is 7.82. The van der Waals surface area contributed by atoms with Crippen LogP contribution in [0.15, 0.2) is 53.1 Å². The van der Waals surface area contributed by atoms with Gasteiger partial charge in [0.05, 0.1) is 17.3 Å². The minimum absolute atomic E-state index is 0.0272. The maximum atomic E-state index is 13.1. The number of aromatic nitrogens is 2. The third kappa shape index (κ3) is 3.79. The molecule has 10 nitrogen and oxygen atoms in total. The number of carbonyl (C=O) groups excluding carboxylic acids is 1. The molecule has 0 saturated heterocycles. The number of nitro benzene ring substituents is 1. The molecule has 3 aromatic rings. The van der Waals surface area contributed by atoms with E-state index in [1.165, 1.54) is 33.8 Å². The zero-order chi connectivity index (χ0) is 21.3. The highest BCUT2D eigenvalue weighted by Crippen LogP contribution is 2.31. The number of benzene rings is 2. The molecule has 1 aliphatic rings.